The normalized spacial score (nSPS) is 11.0. The van der Waals surface area contributed by atoms with Gasteiger partial charge in [0.1, 0.15) is 0 Å². The largest absolute Gasteiger partial charge is 0.410 e. The molecule has 2 radical (unpaired) electrons. The molecule has 24 heavy (non-hydrogen) atoms. The second kappa shape index (κ2) is 8.09. The number of rotatable bonds is 6. The highest BCUT2D eigenvalue weighted by molar-refractivity contribution is 6.47. The Balaban J connectivity index is 1.73. The molecule has 0 saturated heterocycles. The van der Waals surface area contributed by atoms with Gasteiger partial charge in [0, 0.05) is 12.5 Å². The predicted octanol–water partition coefficient (Wildman–Crippen LogP) is 4.40. The summed E-state index contributed by atoms with van der Waals surface area (Å²) in [6.07, 6.45) is 0. The fraction of sp³-hybridized carbons (Fsp3) is 0.182. The first-order chi connectivity index (χ1) is 11.7. The lowest BCUT2D eigenvalue weighted by atomic mass is 9.92. The van der Waals surface area contributed by atoms with E-state index < -0.39 is 0 Å². The van der Waals surface area contributed by atoms with Crippen molar-refractivity contribution in [3.63, 3.8) is 0 Å². The van der Waals surface area contributed by atoms with E-state index in [2.05, 4.69) is 92.7 Å². The molecule has 0 heterocycles. The number of aryl methyl sites for hydroxylation is 2. The maximum Gasteiger partial charge on any atom is 0.268 e. The Morgan fingerprint density at radius 1 is 0.750 bits per heavy atom. The van der Waals surface area contributed by atoms with E-state index in [9.17, 15) is 0 Å². The van der Waals surface area contributed by atoms with Gasteiger partial charge in [-0.25, -0.2) is 0 Å². The lowest BCUT2D eigenvalue weighted by Gasteiger charge is -2.18. The summed E-state index contributed by atoms with van der Waals surface area (Å²) in [5, 5.41) is 1.27. The molecule has 0 aliphatic carbocycles. The van der Waals surface area contributed by atoms with Crippen molar-refractivity contribution in [2.45, 2.75) is 19.8 Å². The molecule has 120 valence electrons. The zero-order valence-electron chi connectivity index (χ0n) is 14.2. The van der Waals surface area contributed by atoms with Crippen LogP contribution >= 0.6 is 0 Å². The second-order valence-electron chi connectivity index (χ2n) is 6.16. The molecule has 3 aromatic rings. The summed E-state index contributed by atoms with van der Waals surface area (Å²) in [7, 11) is 0.380. The topological polar surface area (TPSA) is 9.23 Å². The molecule has 0 aliphatic heterocycles. The van der Waals surface area contributed by atoms with Crippen LogP contribution in [-0.4, -0.2) is 16.4 Å². The van der Waals surface area contributed by atoms with Crippen LogP contribution in [0.5, 0.6) is 0 Å². The first-order valence-electron chi connectivity index (χ1n) is 8.28. The Kier molecular flexibility index (Phi) is 5.62. The summed E-state index contributed by atoms with van der Waals surface area (Å²) in [5.41, 5.74) is 5.19. The molecule has 0 unspecified atom stereocenters. The Morgan fingerprint density at radius 3 is 1.75 bits per heavy atom. The molecule has 0 N–H and O–H groups in total. The van der Waals surface area contributed by atoms with Gasteiger partial charge < -0.3 is 4.43 Å². The Morgan fingerprint density at radius 2 is 1.25 bits per heavy atom. The molecule has 0 spiro atoms. The third kappa shape index (κ3) is 4.44. The monoisotopic (exact) mass is 330 g/mol. The van der Waals surface area contributed by atoms with Crippen molar-refractivity contribution in [2.24, 2.45) is 0 Å². The van der Waals surface area contributed by atoms with Gasteiger partial charge >= 0.3 is 0 Å². The molecule has 0 aliphatic rings. The van der Waals surface area contributed by atoms with E-state index in [4.69, 9.17) is 4.43 Å². The lowest BCUT2D eigenvalue weighted by Crippen LogP contribution is -2.21. The molecule has 3 aromatic carbocycles. The lowest BCUT2D eigenvalue weighted by molar-refractivity contribution is 0.325. The molecule has 0 atom stereocenters. The average molecular weight is 331 g/mol. The Hall–Kier alpha value is -2.16. The third-order valence-electron chi connectivity index (χ3n) is 4.07. The van der Waals surface area contributed by atoms with Gasteiger partial charge in [-0.05, 0) is 30.2 Å². The van der Waals surface area contributed by atoms with Crippen molar-refractivity contribution >= 4 is 14.9 Å². The maximum absolute atomic E-state index is 6.13. The summed E-state index contributed by atoms with van der Waals surface area (Å²) < 4.78 is 6.13. The molecular formula is C22H22OSi. The van der Waals surface area contributed by atoms with Crippen LogP contribution in [0, 0.1) is 13.8 Å². The molecule has 1 nitrogen and oxygen atoms in total. The SMILES string of the molecule is Cc1cc(C)cc([Si]OCC(c2ccccc2)c2ccccc2)c1. The van der Waals surface area contributed by atoms with E-state index in [0.29, 0.717) is 16.4 Å². The Labute approximate surface area is 147 Å². The van der Waals surface area contributed by atoms with Gasteiger partial charge in [-0.15, -0.1) is 0 Å². The van der Waals surface area contributed by atoms with Crippen molar-refractivity contribution in [3.05, 3.63) is 101 Å². The number of hydrogen-bond acceptors (Lipinski definition) is 1. The van der Waals surface area contributed by atoms with Crippen LogP contribution in [0.3, 0.4) is 0 Å². The average Bonchev–Trinajstić information content (AvgIpc) is 2.59. The third-order valence-corrected chi connectivity index (χ3v) is 4.90. The van der Waals surface area contributed by atoms with Gasteiger partial charge in [-0.1, -0.05) is 90.0 Å². The molecule has 2 heteroatoms. The van der Waals surface area contributed by atoms with Crippen LogP contribution in [-0.2, 0) is 4.43 Å². The molecule has 0 fully saturated rings. The van der Waals surface area contributed by atoms with Crippen LogP contribution < -0.4 is 5.19 Å². The van der Waals surface area contributed by atoms with Gasteiger partial charge in [-0.2, -0.15) is 0 Å². The molecule has 3 rings (SSSR count). The van der Waals surface area contributed by atoms with Crippen LogP contribution in [0.25, 0.3) is 0 Å². The van der Waals surface area contributed by atoms with Crippen LogP contribution in [0.1, 0.15) is 28.2 Å². The summed E-state index contributed by atoms with van der Waals surface area (Å²) in [6, 6.07) is 27.8. The van der Waals surface area contributed by atoms with Gasteiger partial charge in [0.2, 0.25) is 0 Å². The molecular weight excluding hydrogens is 308 g/mol. The van der Waals surface area contributed by atoms with E-state index in [-0.39, 0.29) is 5.92 Å². The number of hydrogen-bond donors (Lipinski definition) is 0. The van der Waals surface area contributed by atoms with E-state index in [1.54, 1.807) is 0 Å². The fourth-order valence-electron chi connectivity index (χ4n) is 3.00. The second-order valence-corrected chi connectivity index (χ2v) is 7.23. The first kappa shape index (κ1) is 16.7. The summed E-state index contributed by atoms with van der Waals surface area (Å²) in [4.78, 5) is 0. The minimum atomic E-state index is 0.269. The van der Waals surface area contributed by atoms with Gasteiger partial charge in [0.05, 0.1) is 0 Å². The zero-order chi connectivity index (χ0) is 16.8. The van der Waals surface area contributed by atoms with Crippen molar-refractivity contribution < 1.29 is 4.43 Å². The molecule has 0 amide bonds. The first-order valence-corrected chi connectivity index (χ1v) is 9.19. The zero-order valence-corrected chi connectivity index (χ0v) is 15.2. The highest BCUT2D eigenvalue weighted by Crippen LogP contribution is 2.24. The van der Waals surface area contributed by atoms with Crippen LogP contribution in [0.4, 0.5) is 0 Å². The minimum absolute atomic E-state index is 0.269. The predicted molar refractivity (Wildman–Crippen MR) is 102 cm³/mol. The van der Waals surface area contributed by atoms with Crippen LogP contribution in [0.15, 0.2) is 78.9 Å². The van der Waals surface area contributed by atoms with Crippen molar-refractivity contribution in [3.8, 4) is 0 Å². The fourth-order valence-corrected chi connectivity index (χ4v) is 3.99. The Bertz CT molecular complexity index is 709. The summed E-state index contributed by atoms with van der Waals surface area (Å²) in [5.74, 6) is 0.269. The van der Waals surface area contributed by atoms with Gasteiger partial charge in [-0.3, -0.25) is 0 Å². The van der Waals surface area contributed by atoms with E-state index >= 15 is 0 Å². The van der Waals surface area contributed by atoms with Crippen molar-refractivity contribution in [1.29, 1.82) is 0 Å². The number of benzene rings is 3. The molecule has 0 bridgehead atoms. The highest BCUT2D eigenvalue weighted by atomic mass is 28.2. The molecule has 0 saturated carbocycles. The summed E-state index contributed by atoms with van der Waals surface area (Å²) in [6.45, 7) is 4.97. The molecule has 0 aromatic heterocycles. The van der Waals surface area contributed by atoms with Crippen molar-refractivity contribution in [1.82, 2.24) is 0 Å². The van der Waals surface area contributed by atoms with E-state index in [1.165, 1.54) is 27.4 Å². The van der Waals surface area contributed by atoms with Crippen LogP contribution in [0.2, 0.25) is 0 Å². The smallest absolute Gasteiger partial charge is 0.268 e. The highest BCUT2D eigenvalue weighted by Gasteiger charge is 2.14. The summed E-state index contributed by atoms with van der Waals surface area (Å²) >= 11 is 0. The standard InChI is InChI=1S/C22H22OSi/c1-17-13-18(2)15-21(14-17)24-23-16-22(19-9-5-3-6-10-19)20-11-7-4-8-12-20/h3-15,22H,16H2,1-2H3. The van der Waals surface area contributed by atoms with E-state index in [1.807, 2.05) is 0 Å². The van der Waals surface area contributed by atoms with Gasteiger partial charge in [0.25, 0.3) is 9.76 Å². The minimum Gasteiger partial charge on any atom is -0.410 e. The van der Waals surface area contributed by atoms with Gasteiger partial charge in [0.15, 0.2) is 0 Å². The van der Waals surface area contributed by atoms with Crippen molar-refractivity contribution in [2.75, 3.05) is 6.61 Å². The van der Waals surface area contributed by atoms with E-state index in [0.717, 1.165) is 0 Å². The quantitative estimate of drug-likeness (QED) is 0.609. The maximum atomic E-state index is 6.13.